The Hall–Kier alpha value is -2.46. The Labute approximate surface area is 143 Å². The minimum absolute atomic E-state index is 0.540. The van der Waals surface area contributed by atoms with Gasteiger partial charge in [0.05, 0.1) is 39.2 Å². The first-order chi connectivity index (χ1) is 11.5. The van der Waals surface area contributed by atoms with E-state index in [-0.39, 0.29) is 0 Å². The lowest BCUT2D eigenvalue weighted by molar-refractivity contribution is -0.883. The first kappa shape index (κ1) is 16.4. The smallest absolute Gasteiger partial charge is 0.133 e. The molecule has 0 spiro atoms. The van der Waals surface area contributed by atoms with Crippen molar-refractivity contribution in [3.63, 3.8) is 0 Å². The van der Waals surface area contributed by atoms with E-state index in [9.17, 15) is 0 Å². The first-order valence-electron chi connectivity index (χ1n) is 8.11. The van der Waals surface area contributed by atoms with E-state index in [1.54, 1.807) is 7.11 Å². The molecule has 3 aromatic rings. The number of nitrogens with zero attached hydrogens (tertiary/aromatic N) is 1. The Morgan fingerprint density at radius 2 is 1.79 bits per heavy atom. The molecule has 0 atom stereocenters. The second-order valence-electron chi connectivity index (χ2n) is 7.08. The normalized spacial score (nSPS) is 11.7. The molecule has 0 fully saturated rings. The molecule has 0 aliphatic heterocycles. The van der Waals surface area contributed by atoms with E-state index in [0.29, 0.717) is 6.61 Å². The lowest BCUT2D eigenvalue weighted by atomic mass is 10.1. The van der Waals surface area contributed by atoms with Gasteiger partial charge >= 0.3 is 0 Å². The van der Waals surface area contributed by atoms with Crippen molar-refractivity contribution in [2.45, 2.75) is 13.2 Å². The van der Waals surface area contributed by atoms with Crippen LogP contribution in [0.1, 0.15) is 11.1 Å². The monoisotopic (exact) mass is 325 g/mol. The third-order valence-electron chi connectivity index (χ3n) is 3.92. The zero-order valence-corrected chi connectivity index (χ0v) is 14.8. The fourth-order valence-electron chi connectivity index (χ4n) is 2.88. The van der Waals surface area contributed by atoms with Crippen molar-refractivity contribution in [1.29, 1.82) is 0 Å². The number of hydrogen-bond acceptors (Lipinski definition) is 2. The van der Waals surface area contributed by atoms with E-state index >= 15 is 0 Å². The van der Waals surface area contributed by atoms with E-state index < -0.39 is 0 Å². The van der Waals surface area contributed by atoms with Gasteiger partial charge in [-0.05, 0) is 5.56 Å². The summed E-state index contributed by atoms with van der Waals surface area (Å²) in [5, 5.41) is 1.14. The molecular weight excluding hydrogens is 300 g/mol. The number of rotatable bonds is 6. The molecule has 2 aromatic carbocycles. The second-order valence-corrected chi connectivity index (χ2v) is 7.08. The summed E-state index contributed by atoms with van der Waals surface area (Å²) in [4.78, 5) is 3.35. The minimum Gasteiger partial charge on any atom is -0.497 e. The number of aromatic amines is 1. The van der Waals surface area contributed by atoms with Crippen molar-refractivity contribution in [3.8, 4) is 11.5 Å². The van der Waals surface area contributed by atoms with Crippen LogP contribution in [0.4, 0.5) is 0 Å². The number of ether oxygens (including phenoxy) is 2. The molecule has 4 nitrogen and oxygen atoms in total. The molecule has 1 heterocycles. The summed E-state index contributed by atoms with van der Waals surface area (Å²) in [6.07, 6.45) is 2.07. The number of nitrogens with one attached hydrogen (secondary N) is 1. The number of fused-ring (bicyclic) bond motifs is 1. The van der Waals surface area contributed by atoms with Gasteiger partial charge in [-0.25, -0.2) is 0 Å². The fourth-order valence-corrected chi connectivity index (χ4v) is 2.88. The average molecular weight is 325 g/mol. The highest BCUT2D eigenvalue weighted by molar-refractivity contribution is 5.90. The SMILES string of the molecule is COc1cc(OCc2ccccc2)c2c(C[N+](C)(C)C)c[nH]c2c1. The molecule has 4 heteroatoms. The van der Waals surface area contributed by atoms with E-state index in [1.807, 2.05) is 30.3 Å². The Kier molecular flexibility index (Phi) is 4.49. The molecule has 0 aliphatic carbocycles. The zero-order valence-electron chi connectivity index (χ0n) is 14.8. The highest BCUT2D eigenvalue weighted by Crippen LogP contribution is 2.35. The summed E-state index contributed by atoms with van der Waals surface area (Å²) >= 11 is 0. The van der Waals surface area contributed by atoms with Crippen LogP contribution in [0, 0.1) is 0 Å². The van der Waals surface area contributed by atoms with Crippen molar-refractivity contribution in [2.24, 2.45) is 0 Å². The second kappa shape index (κ2) is 6.57. The Balaban J connectivity index is 1.98. The van der Waals surface area contributed by atoms with Crippen LogP contribution in [0.25, 0.3) is 10.9 Å². The lowest BCUT2D eigenvalue weighted by Gasteiger charge is -2.23. The molecule has 1 aromatic heterocycles. The summed E-state index contributed by atoms with van der Waals surface area (Å²) < 4.78 is 12.4. The van der Waals surface area contributed by atoms with Crippen molar-refractivity contribution in [2.75, 3.05) is 28.3 Å². The molecule has 0 bridgehead atoms. The van der Waals surface area contributed by atoms with Crippen molar-refractivity contribution in [3.05, 3.63) is 59.8 Å². The quantitative estimate of drug-likeness (QED) is 0.696. The number of H-pyrrole nitrogens is 1. The van der Waals surface area contributed by atoms with E-state index in [4.69, 9.17) is 9.47 Å². The maximum Gasteiger partial charge on any atom is 0.133 e. The van der Waals surface area contributed by atoms with Crippen LogP contribution in [-0.4, -0.2) is 37.7 Å². The minimum atomic E-state index is 0.540. The van der Waals surface area contributed by atoms with Crippen molar-refractivity contribution < 1.29 is 14.0 Å². The van der Waals surface area contributed by atoms with Crippen LogP contribution in [0.2, 0.25) is 0 Å². The highest BCUT2D eigenvalue weighted by atomic mass is 16.5. The molecule has 0 saturated heterocycles. The number of hydrogen-bond donors (Lipinski definition) is 1. The van der Waals surface area contributed by atoms with E-state index in [1.165, 1.54) is 5.56 Å². The molecule has 0 radical (unpaired) electrons. The van der Waals surface area contributed by atoms with Crippen LogP contribution in [0.15, 0.2) is 48.7 Å². The van der Waals surface area contributed by atoms with Gasteiger partial charge in [0.1, 0.15) is 24.7 Å². The van der Waals surface area contributed by atoms with Gasteiger partial charge in [0.15, 0.2) is 0 Å². The van der Waals surface area contributed by atoms with Gasteiger partial charge < -0.3 is 18.9 Å². The van der Waals surface area contributed by atoms with Crippen molar-refractivity contribution in [1.82, 2.24) is 4.98 Å². The van der Waals surface area contributed by atoms with Gasteiger partial charge in [-0.2, -0.15) is 0 Å². The largest absolute Gasteiger partial charge is 0.497 e. The molecule has 3 rings (SSSR count). The standard InChI is InChI=1S/C20H25N2O2/c1-22(2,3)13-16-12-21-18-10-17(23-4)11-19(20(16)18)24-14-15-8-6-5-7-9-15/h5-12,21H,13-14H2,1-4H3/q+1. The molecular formula is C20H25N2O2+. The molecule has 1 N–H and O–H groups in total. The van der Waals surface area contributed by atoms with Crippen LogP contribution in [0.5, 0.6) is 11.5 Å². The highest BCUT2D eigenvalue weighted by Gasteiger charge is 2.17. The fraction of sp³-hybridized carbons (Fsp3) is 0.300. The Bertz CT molecular complexity index is 817. The number of aromatic nitrogens is 1. The maximum atomic E-state index is 6.15. The van der Waals surface area contributed by atoms with Gasteiger partial charge in [-0.1, -0.05) is 30.3 Å². The summed E-state index contributed by atoms with van der Waals surface area (Å²) in [6, 6.07) is 14.2. The van der Waals surface area contributed by atoms with Crippen LogP contribution < -0.4 is 9.47 Å². The molecule has 0 aliphatic rings. The summed E-state index contributed by atoms with van der Waals surface area (Å²) in [7, 11) is 8.24. The van der Waals surface area contributed by atoms with Gasteiger partial charge in [-0.15, -0.1) is 0 Å². The third-order valence-corrected chi connectivity index (χ3v) is 3.92. The molecule has 24 heavy (non-hydrogen) atoms. The van der Waals surface area contributed by atoms with Crippen LogP contribution in [-0.2, 0) is 13.2 Å². The van der Waals surface area contributed by atoms with Crippen LogP contribution >= 0.6 is 0 Å². The molecule has 126 valence electrons. The number of methoxy groups -OCH3 is 1. The van der Waals surface area contributed by atoms with Crippen LogP contribution in [0.3, 0.4) is 0 Å². The predicted molar refractivity (Wildman–Crippen MR) is 97.4 cm³/mol. The number of quaternary nitrogens is 1. The molecule has 0 amide bonds. The lowest BCUT2D eigenvalue weighted by Crippen LogP contribution is -2.33. The molecule has 0 unspecified atom stereocenters. The first-order valence-corrected chi connectivity index (χ1v) is 8.11. The number of benzene rings is 2. The zero-order chi connectivity index (χ0) is 17.2. The van der Waals surface area contributed by atoms with E-state index in [0.717, 1.165) is 39.0 Å². The Morgan fingerprint density at radius 1 is 1.04 bits per heavy atom. The Morgan fingerprint density at radius 3 is 2.46 bits per heavy atom. The third kappa shape index (κ3) is 3.71. The summed E-state index contributed by atoms with van der Waals surface area (Å²) in [5.74, 6) is 1.65. The van der Waals surface area contributed by atoms with Gasteiger partial charge in [0, 0.05) is 23.9 Å². The summed E-state index contributed by atoms with van der Waals surface area (Å²) in [5.41, 5.74) is 3.45. The predicted octanol–water partition coefficient (Wildman–Crippen LogP) is 3.96. The van der Waals surface area contributed by atoms with Gasteiger partial charge in [0.25, 0.3) is 0 Å². The maximum absolute atomic E-state index is 6.15. The van der Waals surface area contributed by atoms with Gasteiger partial charge in [-0.3, -0.25) is 0 Å². The molecule has 0 saturated carbocycles. The topological polar surface area (TPSA) is 34.2 Å². The summed E-state index contributed by atoms with van der Waals surface area (Å²) in [6.45, 7) is 1.46. The average Bonchev–Trinajstić information content (AvgIpc) is 2.94. The van der Waals surface area contributed by atoms with E-state index in [2.05, 4.69) is 44.5 Å². The van der Waals surface area contributed by atoms with Gasteiger partial charge in [0.2, 0.25) is 0 Å². The van der Waals surface area contributed by atoms with Crippen molar-refractivity contribution >= 4 is 10.9 Å².